The number of carbonyl (C=O) groups is 1. The number of allylic oxidation sites excluding steroid dienone is 2. The summed E-state index contributed by atoms with van der Waals surface area (Å²) in [5.74, 6) is 1.17. The SMILES string of the molecule is COC1=C(C)C(C)C(C)C1=O. The van der Waals surface area contributed by atoms with E-state index >= 15 is 0 Å². The van der Waals surface area contributed by atoms with E-state index in [0.717, 1.165) is 5.57 Å². The summed E-state index contributed by atoms with van der Waals surface area (Å²) in [5.41, 5.74) is 1.09. The van der Waals surface area contributed by atoms with Crippen molar-refractivity contribution in [2.75, 3.05) is 7.11 Å². The van der Waals surface area contributed by atoms with Gasteiger partial charge in [-0.3, -0.25) is 4.79 Å². The number of methoxy groups -OCH3 is 1. The van der Waals surface area contributed by atoms with Crippen molar-refractivity contribution in [2.24, 2.45) is 11.8 Å². The number of hydrogen-bond donors (Lipinski definition) is 0. The summed E-state index contributed by atoms with van der Waals surface area (Å²) in [5, 5.41) is 0. The van der Waals surface area contributed by atoms with Gasteiger partial charge >= 0.3 is 0 Å². The van der Waals surface area contributed by atoms with Crippen molar-refractivity contribution in [1.82, 2.24) is 0 Å². The summed E-state index contributed by atoms with van der Waals surface area (Å²) >= 11 is 0. The molecule has 0 radical (unpaired) electrons. The van der Waals surface area contributed by atoms with Gasteiger partial charge in [0.1, 0.15) is 0 Å². The zero-order valence-corrected chi connectivity index (χ0v) is 7.47. The maximum absolute atomic E-state index is 11.4. The van der Waals surface area contributed by atoms with Crippen molar-refractivity contribution in [3.05, 3.63) is 11.3 Å². The Morgan fingerprint density at radius 1 is 1.27 bits per heavy atom. The summed E-state index contributed by atoms with van der Waals surface area (Å²) < 4.78 is 5.01. The third-order valence-corrected chi connectivity index (χ3v) is 2.63. The molecule has 0 amide bonds. The summed E-state index contributed by atoms with van der Waals surface area (Å²) in [7, 11) is 1.56. The molecular formula is C9H14O2. The van der Waals surface area contributed by atoms with Crippen molar-refractivity contribution in [2.45, 2.75) is 20.8 Å². The molecule has 0 aromatic carbocycles. The van der Waals surface area contributed by atoms with E-state index in [2.05, 4.69) is 6.92 Å². The average Bonchev–Trinajstić information content (AvgIpc) is 2.17. The van der Waals surface area contributed by atoms with E-state index in [1.165, 1.54) is 0 Å². The topological polar surface area (TPSA) is 26.3 Å². The molecule has 0 aromatic heterocycles. The minimum atomic E-state index is 0.102. The molecule has 0 saturated heterocycles. The van der Waals surface area contributed by atoms with Gasteiger partial charge in [-0.2, -0.15) is 0 Å². The highest BCUT2D eigenvalue weighted by Gasteiger charge is 2.34. The van der Waals surface area contributed by atoms with Crippen LogP contribution in [0.1, 0.15) is 20.8 Å². The third kappa shape index (κ3) is 1.06. The molecule has 1 aliphatic rings. The van der Waals surface area contributed by atoms with Crippen LogP contribution in [0.3, 0.4) is 0 Å². The number of ketones is 1. The van der Waals surface area contributed by atoms with Crippen LogP contribution in [0.15, 0.2) is 11.3 Å². The van der Waals surface area contributed by atoms with Crippen LogP contribution in [0.25, 0.3) is 0 Å². The molecule has 2 atom stereocenters. The van der Waals surface area contributed by atoms with Crippen LogP contribution in [0.4, 0.5) is 0 Å². The predicted molar refractivity (Wildman–Crippen MR) is 43.0 cm³/mol. The molecule has 0 aliphatic heterocycles. The number of carbonyl (C=O) groups excluding carboxylic acids is 1. The second-order valence-corrected chi connectivity index (χ2v) is 3.16. The van der Waals surface area contributed by atoms with Gasteiger partial charge in [-0.15, -0.1) is 0 Å². The maximum atomic E-state index is 11.4. The molecule has 11 heavy (non-hydrogen) atoms. The molecule has 2 heteroatoms. The van der Waals surface area contributed by atoms with Crippen molar-refractivity contribution in [3.63, 3.8) is 0 Å². The molecular weight excluding hydrogens is 140 g/mol. The van der Waals surface area contributed by atoms with Crippen LogP contribution in [-0.2, 0) is 9.53 Å². The van der Waals surface area contributed by atoms with E-state index in [1.54, 1.807) is 7.11 Å². The molecule has 0 heterocycles. The van der Waals surface area contributed by atoms with Crippen LogP contribution in [-0.4, -0.2) is 12.9 Å². The molecule has 2 unspecified atom stereocenters. The molecule has 0 N–H and O–H groups in total. The monoisotopic (exact) mass is 154 g/mol. The lowest BCUT2D eigenvalue weighted by molar-refractivity contribution is -0.121. The average molecular weight is 154 g/mol. The van der Waals surface area contributed by atoms with Gasteiger partial charge in [0.05, 0.1) is 7.11 Å². The quantitative estimate of drug-likeness (QED) is 0.575. The Kier molecular flexibility index (Phi) is 2.03. The summed E-state index contributed by atoms with van der Waals surface area (Å²) in [6.07, 6.45) is 0. The molecule has 0 saturated carbocycles. The molecule has 62 valence electrons. The zero-order valence-electron chi connectivity index (χ0n) is 7.47. The van der Waals surface area contributed by atoms with Gasteiger partial charge in [0.15, 0.2) is 5.76 Å². The minimum Gasteiger partial charge on any atom is -0.493 e. The first-order valence-electron chi connectivity index (χ1n) is 3.88. The Morgan fingerprint density at radius 2 is 1.82 bits per heavy atom. The van der Waals surface area contributed by atoms with Crippen molar-refractivity contribution in [3.8, 4) is 0 Å². The van der Waals surface area contributed by atoms with Gasteiger partial charge in [-0.05, 0) is 18.4 Å². The van der Waals surface area contributed by atoms with Gasteiger partial charge in [0, 0.05) is 5.92 Å². The van der Waals surface area contributed by atoms with E-state index in [9.17, 15) is 4.79 Å². The fraction of sp³-hybridized carbons (Fsp3) is 0.667. The molecule has 0 aromatic rings. The highest BCUT2D eigenvalue weighted by Crippen LogP contribution is 2.33. The fourth-order valence-electron chi connectivity index (χ4n) is 1.47. The van der Waals surface area contributed by atoms with E-state index in [1.807, 2.05) is 13.8 Å². The first kappa shape index (κ1) is 8.31. The smallest absolute Gasteiger partial charge is 0.200 e. The van der Waals surface area contributed by atoms with E-state index in [4.69, 9.17) is 4.74 Å². The van der Waals surface area contributed by atoms with Gasteiger partial charge < -0.3 is 4.74 Å². The van der Waals surface area contributed by atoms with Crippen molar-refractivity contribution < 1.29 is 9.53 Å². The Balaban J connectivity index is 2.98. The van der Waals surface area contributed by atoms with Crippen molar-refractivity contribution >= 4 is 5.78 Å². The minimum absolute atomic E-state index is 0.102. The highest BCUT2D eigenvalue weighted by molar-refractivity contribution is 5.98. The second-order valence-electron chi connectivity index (χ2n) is 3.16. The van der Waals surface area contributed by atoms with Crippen LogP contribution in [0.2, 0.25) is 0 Å². The number of hydrogen-bond acceptors (Lipinski definition) is 2. The van der Waals surface area contributed by atoms with Gasteiger partial charge in [-0.25, -0.2) is 0 Å². The van der Waals surface area contributed by atoms with Crippen LogP contribution >= 0.6 is 0 Å². The summed E-state index contributed by atoms with van der Waals surface area (Å²) in [6.45, 7) is 5.97. The fourth-order valence-corrected chi connectivity index (χ4v) is 1.47. The lowest BCUT2D eigenvalue weighted by Gasteiger charge is -2.07. The maximum Gasteiger partial charge on any atom is 0.200 e. The van der Waals surface area contributed by atoms with Crippen LogP contribution in [0, 0.1) is 11.8 Å². The standard InChI is InChI=1S/C9H14O2/c1-5-6(2)8(10)9(11-4)7(5)3/h5-6H,1-4H3. The van der Waals surface area contributed by atoms with E-state index in [0.29, 0.717) is 11.7 Å². The molecule has 0 bridgehead atoms. The van der Waals surface area contributed by atoms with Gasteiger partial charge in [-0.1, -0.05) is 13.8 Å². The summed E-state index contributed by atoms with van der Waals surface area (Å²) in [4.78, 5) is 11.4. The molecule has 1 aliphatic carbocycles. The Morgan fingerprint density at radius 3 is 2.00 bits per heavy atom. The van der Waals surface area contributed by atoms with Gasteiger partial charge in [0.25, 0.3) is 0 Å². The molecule has 0 spiro atoms. The Hall–Kier alpha value is -0.790. The lowest BCUT2D eigenvalue weighted by atomic mass is 9.95. The second kappa shape index (κ2) is 2.68. The first-order valence-corrected chi connectivity index (χ1v) is 3.88. The first-order chi connectivity index (χ1) is 5.09. The van der Waals surface area contributed by atoms with E-state index < -0.39 is 0 Å². The number of ether oxygens (including phenoxy) is 1. The lowest BCUT2D eigenvalue weighted by Crippen LogP contribution is -2.11. The summed E-state index contributed by atoms with van der Waals surface area (Å²) in [6, 6.07) is 0. The molecule has 2 nitrogen and oxygen atoms in total. The van der Waals surface area contributed by atoms with Crippen LogP contribution in [0.5, 0.6) is 0 Å². The normalized spacial score (nSPS) is 31.5. The predicted octanol–water partition coefficient (Wildman–Crippen LogP) is 1.76. The van der Waals surface area contributed by atoms with Crippen molar-refractivity contribution in [1.29, 1.82) is 0 Å². The zero-order chi connectivity index (χ0) is 8.59. The highest BCUT2D eigenvalue weighted by atomic mass is 16.5. The van der Waals surface area contributed by atoms with E-state index in [-0.39, 0.29) is 11.7 Å². The van der Waals surface area contributed by atoms with Crippen LogP contribution < -0.4 is 0 Å². The molecule has 0 fully saturated rings. The van der Waals surface area contributed by atoms with Gasteiger partial charge in [0.2, 0.25) is 5.78 Å². The largest absolute Gasteiger partial charge is 0.493 e. The Labute approximate surface area is 67.2 Å². The number of rotatable bonds is 1. The molecule has 1 rings (SSSR count). The number of Topliss-reactive ketones (excluding diaryl/α,β-unsaturated/α-hetero) is 1. The third-order valence-electron chi connectivity index (χ3n) is 2.63. The Bertz CT molecular complexity index is 216.